The van der Waals surface area contributed by atoms with Crippen molar-refractivity contribution < 1.29 is 13.9 Å². The highest BCUT2D eigenvalue weighted by Crippen LogP contribution is 2.26. The third kappa shape index (κ3) is 7.07. The molecule has 30 heavy (non-hydrogen) atoms. The minimum Gasteiger partial charge on any atom is -0.444 e. The van der Waals surface area contributed by atoms with Crippen molar-refractivity contribution >= 4 is 29.5 Å². The molecule has 1 heterocycles. The highest BCUT2D eigenvalue weighted by atomic mass is 35.5. The van der Waals surface area contributed by atoms with Crippen LogP contribution in [0.15, 0.2) is 64.2 Å². The van der Waals surface area contributed by atoms with Crippen LogP contribution in [0.1, 0.15) is 43.8 Å². The summed E-state index contributed by atoms with van der Waals surface area (Å²) in [6.07, 6.45) is -0.0270. The molecule has 0 aliphatic rings. The molecular formula is C22H24ClN3O3S. The van der Waals surface area contributed by atoms with Crippen LogP contribution in [-0.4, -0.2) is 21.9 Å². The van der Waals surface area contributed by atoms with Gasteiger partial charge in [-0.2, -0.15) is 0 Å². The molecule has 158 valence electrons. The number of thioether (sulfide) groups is 1. The van der Waals surface area contributed by atoms with E-state index in [2.05, 4.69) is 15.5 Å². The SMILES string of the molecule is CC(C)(C)OC(=O)N[C@H](Cc1ccccc1)c1nnc(SCc2ccc(Cl)cc2)o1. The molecule has 1 atom stereocenters. The molecular weight excluding hydrogens is 422 g/mol. The first-order valence-corrected chi connectivity index (χ1v) is 10.9. The number of nitrogens with one attached hydrogen (secondary N) is 1. The topological polar surface area (TPSA) is 77.2 Å². The fraction of sp³-hybridized carbons (Fsp3) is 0.318. The maximum absolute atomic E-state index is 12.3. The van der Waals surface area contributed by atoms with Gasteiger partial charge in [-0.15, -0.1) is 10.2 Å². The number of halogens is 1. The van der Waals surface area contributed by atoms with E-state index < -0.39 is 17.7 Å². The third-order valence-electron chi connectivity index (χ3n) is 3.97. The number of amides is 1. The normalized spacial score (nSPS) is 12.4. The second-order valence-electron chi connectivity index (χ2n) is 7.71. The highest BCUT2D eigenvalue weighted by molar-refractivity contribution is 7.98. The fourth-order valence-corrected chi connectivity index (χ4v) is 3.50. The Labute approximate surface area is 185 Å². The van der Waals surface area contributed by atoms with E-state index in [0.29, 0.717) is 28.3 Å². The summed E-state index contributed by atoms with van der Waals surface area (Å²) in [7, 11) is 0. The van der Waals surface area contributed by atoms with Crippen molar-refractivity contribution in [3.8, 4) is 0 Å². The molecule has 0 unspecified atom stereocenters. The monoisotopic (exact) mass is 445 g/mol. The maximum atomic E-state index is 12.3. The number of nitrogens with zero attached hydrogens (tertiary/aromatic N) is 2. The van der Waals surface area contributed by atoms with Gasteiger partial charge >= 0.3 is 6.09 Å². The molecule has 0 saturated carbocycles. The van der Waals surface area contributed by atoms with Crippen LogP contribution in [0.25, 0.3) is 0 Å². The first-order chi connectivity index (χ1) is 14.3. The average molecular weight is 446 g/mol. The van der Waals surface area contributed by atoms with Crippen LogP contribution < -0.4 is 5.32 Å². The minimum absolute atomic E-state index is 0.336. The van der Waals surface area contributed by atoms with Crippen LogP contribution >= 0.6 is 23.4 Å². The van der Waals surface area contributed by atoms with Gasteiger partial charge in [0.05, 0.1) is 0 Å². The number of ether oxygens (including phenoxy) is 1. The second kappa shape index (κ2) is 10.00. The molecule has 0 saturated heterocycles. The summed E-state index contributed by atoms with van der Waals surface area (Å²) in [5, 5.41) is 12.3. The number of hydrogen-bond donors (Lipinski definition) is 1. The number of benzene rings is 2. The Morgan fingerprint density at radius 3 is 2.47 bits per heavy atom. The molecule has 0 aliphatic heterocycles. The molecule has 1 aromatic heterocycles. The fourth-order valence-electron chi connectivity index (χ4n) is 2.64. The van der Waals surface area contributed by atoms with E-state index >= 15 is 0 Å². The summed E-state index contributed by atoms with van der Waals surface area (Å²) in [5.41, 5.74) is 1.53. The molecule has 0 radical (unpaired) electrons. The van der Waals surface area contributed by atoms with E-state index in [1.807, 2.05) is 75.4 Å². The quantitative estimate of drug-likeness (QED) is 0.461. The van der Waals surface area contributed by atoms with Gasteiger partial charge in [0.25, 0.3) is 5.22 Å². The summed E-state index contributed by atoms with van der Waals surface area (Å²) in [4.78, 5) is 12.3. The van der Waals surface area contributed by atoms with Crippen molar-refractivity contribution in [1.29, 1.82) is 0 Å². The Hall–Kier alpha value is -2.51. The standard InChI is InChI=1S/C22H24ClN3O3S/c1-22(2,3)29-20(27)24-18(13-15-7-5-4-6-8-15)19-25-26-21(28-19)30-14-16-9-11-17(23)12-10-16/h4-12,18H,13-14H2,1-3H3,(H,24,27)/t18-/m1/s1. The summed E-state index contributed by atoms with van der Waals surface area (Å²) in [6.45, 7) is 5.45. The summed E-state index contributed by atoms with van der Waals surface area (Å²) in [5.74, 6) is 1.00. The molecule has 3 aromatic rings. The van der Waals surface area contributed by atoms with E-state index in [-0.39, 0.29) is 0 Å². The Morgan fingerprint density at radius 2 is 1.80 bits per heavy atom. The molecule has 2 aromatic carbocycles. The lowest BCUT2D eigenvalue weighted by Crippen LogP contribution is -2.36. The smallest absolute Gasteiger partial charge is 0.408 e. The van der Waals surface area contributed by atoms with Crippen molar-refractivity contribution in [3.05, 3.63) is 76.6 Å². The molecule has 0 aliphatic carbocycles. The lowest BCUT2D eigenvalue weighted by atomic mass is 10.1. The van der Waals surface area contributed by atoms with Crippen molar-refractivity contribution in [3.63, 3.8) is 0 Å². The van der Waals surface area contributed by atoms with E-state index in [4.69, 9.17) is 20.8 Å². The summed E-state index contributed by atoms with van der Waals surface area (Å²) in [6, 6.07) is 16.9. The number of carbonyl (C=O) groups is 1. The maximum Gasteiger partial charge on any atom is 0.408 e. The zero-order valence-corrected chi connectivity index (χ0v) is 18.7. The highest BCUT2D eigenvalue weighted by Gasteiger charge is 2.25. The molecule has 0 fully saturated rings. The predicted octanol–water partition coefficient (Wildman–Crippen LogP) is 5.82. The molecule has 6 nitrogen and oxygen atoms in total. The van der Waals surface area contributed by atoms with Crippen molar-refractivity contribution in [2.75, 3.05) is 0 Å². The van der Waals surface area contributed by atoms with E-state index in [1.54, 1.807) is 0 Å². The van der Waals surface area contributed by atoms with Crippen LogP contribution in [0, 0.1) is 0 Å². The average Bonchev–Trinajstić information content (AvgIpc) is 3.15. The van der Waals surface area contributed by atoms with Crippen LogP contribution in [-0.2, 0) is 16.9 Å². The second-order valence-corrected chi connectivity index (χ2v) is 9.07. The van der Waals surface area contributed by atoms with E-state index in [0.717, 1.165) is 11.1 Å². The predicted molar refractivity (Wildman–Crippen MR) is 118 cm³/mol. The van der Waals surface area contributed by atoms with Crippen molar-refractivity contribution in [1.82, 2.24) is 15.5 Å². The van der Waals surface area contributed by atoms with Crippen LogP contribution in [0.3, 0.4) is 0 Å². The molecule has 1 N–H and O–H groups in total. The Kier molecular flexibility index (Phi) is 7.39. The molecule has 3 rings (SSSR count). The van der Waals surface area contributed by atoms with Gasteiger partial charge in [-0.3, -0.25) is 0 Å². The number of hydrogen-bond acceptors (Lipinski definition) is 6. The Morgan fingerprint density at radius 1 is 1.10 bits per heavy atom. The number of rotatable bonds is 7. The van der Waals surface area contributed by atoms with Gasteiger partial charge in [0.1, 0.15) is 11.6 Å². The van der Waals surface area contributed by atoms with Gasteiger partial charge in [-0.1, -0.05) is 65.8 Å². The van der Waals surface area contributed by atoms with Gasteiger partial charge in [-0.25, -0.2) is 4.79 Å². The molecule has 0 bridgehead atoms. The van der Waals surface area contributed by atoms with Crippen LogP contribution in [0.4, 0.5) is 4.79 Å². The number of carbonyl (C=O) groups excluding carboxylic acids is 1. The number of alkyl carbamates (subject to hydrolysis) is 1. The molecule has 1 amide bonds. The van der Waals surface area contributed by atoms with Gasteiger partial charge < -0.3 is 14.5 Å². The minimum atomic E-state index is -0.601. The first-order valence-electron chi connectivity index (χ1n) is 9.52. The number of aromatic nitrogens is 2. The van der Waals surface area contributed by atoms with Crippen LogP contribution in [0.2, 0.25) is 5.02 Å². The van der Waals surface area contributed by atoms with Crippen LogP contribution in [0.5, 0.6) is 0 Å². The molecule has 0 spiro atoms. The van der Waals surface area contributed by atoms with Gasteiger partial charge in [-0.05, 0) is 44.0 Å². The van der Waals surface area contributed by atoms with Gasteiger partial charge in [0.2, 0.25) is 5.89 Å². The van der Waals surface area contributed by atoms with Gasteiger partial charge in [0.15, 0.2) is 0 Å². The third-order valence-corrected chi connectivity index (χ3v) is 5.11. The Balaban J connectivity index is 1.70. The first kappa shape index (κ1) is 22.2. The largest absolute Gasteiger partial charge is 0.444 e. The lowest BCUT2D eigenvalue weighted by molar-refractivity contribution is 0.0494. The van der Waals surface area contributed by atoms with E-state index in [1.165, 1.54) is 11.8 Å². The van der Waals surface area contributed by atoms with Crippen molar-refractivity contribution in [2.45, 2.75) is 49.8 Å². The van der Waals surface area contributed by atoms with Gasteiger partial charge in [0, 0.05) is 17.2 Å². The molecule has 8 heteroatoms. The summed E-state index contributed by atoms with van der Waals surface area (Å²) >= 11 is 7.35. The van der Waals surface area contributed by atoms with E-state index in [9.17, 15) is 4.79 Å². The lowest BCUT2D eigenvalue weighted by Gasteiger charge is -2.22. The zero-order valence-electron chi connectivity index (χ0n) is 17.1. The zero-order chi connectivity index (χ0) is 21.6. The Bertz CT molecular complexity index is 956. The van der Waals surface area contributed by atoms with Crippen molar-refractivity contribution in [2.24, 2.45) is 0 Å². The summed E-state index contributed by atoms with van der Waals surface area (Å²) < 4.78 is 11.2.